The summed E-state index contributed by atoms with van der Waals surface area (Å²) in [5, 5.41) is 2.50. The van der Waals surface area contributed by atoms with Gasteiger partial charge in [-0.05, 0) is 25.0 Å². The summed E-state index contributed by atoms with van der Waals surface area (Å²) in [7, 11) is 0. The van der Waals surface area contributed by atoms with Gasteiger partial charge in [-0.1, -0.05) is 25.0 Å². The molecule has 1 amide bonds. The Bertz CT molecular complexity index is 809. The molecular weight excluding hydrogens is 337 g/mol. The molecule has 2 aromatic rings. The Balaban J connectivity index is 1.64. The van der Waals surface area contributed by atoms with Crippen molar-refractivity contribution < 1.29 is 22.4 Å². The van der Waals surface area contributed by atoms with Crippen molar-refractivity contribution in [3.05, 3.63) is 34.8 Å². The van der Waals surface area contributed by atoms with Gasteiger partial charge in [0.25, 0.3) is 0 Å². The summed E-state index contributed by atoms with van der Waals surface area (Å²) < 4.78 is 45.6. The number of hydrogen-bond acceptors (Lipinski definition) is 3. The molecule has 0 spiro atoms. The van der Waals surface area contributed by atoms with E-state index in [1.54, 1.807) is 24.3 Å². The molecule has 0 saturated heterocycles. The molecule has 1 N–H and O–H groups in total. The van der Waals surface area contributed by atoms with Gasteiger partial charge in [0.1, 0.15) is 0 Å². The third kappa shape index (κ3) is 3.88. The number of para-hydroxylation sites is 2. The van der Waals surface area contributed by atoms with E-state index >= 15 is 0 Å². The second-order valence-corrected chi connectivity index (χ2v) is 6.34. The lowest BCUT2D eigenvalue weighted by Gasteiger charge is -2.33. The van der Waals surface area contributed by atoms with Crippen LogP contribution in [0, 0.1) is 5.92 Å². The third-order valence-electron chi connectivity index (χ3n) is 4.67. The average molecular weight is 356 g/mol. The summed E-state index contributed by atoms with van der Waals surface area (Å²) in [5.41, 5.74) is 0.975. The Morgan fingerprint density at radius 1 is 1.24 bits per heavy atom. The molecular formula is C17H19F3N2O3. The molecule has 136 valence electrons. The number of oxazole rings is 1. The van der Waals surface area contributed by atoms with Crippen molar-refractivity contribution in [3.63, 3.8) is 0 Å². The predicted octanol–water partition coefficient (Wildman–Crippen LogP) is 3.22. The summed E-state index contributed by atoms with van der Waals surface area (Å²) in [5.74, 6) is -2.57. The van der Waals surface area contributed by atoms with E-state index in [9.17, 15) is 22.8 Å². The van der Waals surface area contributed by atoms with Gasteiger partial charge in [0.05, 0.1) is 11.4 Å². The smallest absolute Gasteiger partial charge is 0.408 e. The van der Waals surface area contributed by atoms with Crippen LogP contribution in [-0.2, 0) is 11.3 Å². The second kappa shape index (κ2) is 6.93. The molecule has 1 aromatic heterocycles. The zero-order valence-electron chi connectivity index (χ0n) is 13.5. The number of aryl methyl sites for hydroxylation is 1. The molecule has 3 rings (SSSR count). The van der Waals surface area contributed by atoms with Crippen LogP contribution in [0.15, 0.2) is 33.5 Å². The lowest BCUT2D eigenvalue weighted by Crippen LogP contribution is -2.47. The van der Waals surface area contributed by atoms with Gasteiger partial charge in [-0.3, -0.25) is 9.36 Å². The van der Waals surface area contributed by atoms with E-state index in [-0.39, 0.29) is 19.4 Å². The van der Waals surface area contributed by atoms with Gasteiger partial charge in [-0.2, -0.15) is 13.2 Å². The van der Waals surface area contributed by atoms with E-state index < -0.39 is 29.8 Å². The topological polar surface area (TPSA) is 64.2 Å². The fourth-order valence-corrected chi connectivity index (χ4v) is 3.41. The van der Waals surface area contributed by atoms with Crippen LogP contribution in [0.4, 0.5) is 13.2 Å². The van der Waals surface area contributed by atoms with Crippen molar-refractivity contribution in [2.45, 2.75) is 50.9 Å². The summed E-state index contributed by atoms with van der Waals surface area (Å²) >= 11 is 0. The van der Waals surface area contributed by atoms with Gasteiger partial charge in [0.15, 0.2) is 5.58 Å². The Hall–Kier alpha value is -2.25. The molecule has 2 atom stereocenters. The van der Waals surface area contributed by atoms with Gasteiger partial charge < -0.3 is 9.73 Å². The average Bonchev–Trinajstić information content (AvgIpc) is 2.87. The zero-order chi connectivity index (χ0) is 18.0. The number of halogens is 3. The molecule has 1 heterocycles. The number of carbonyl (C=O) groups excluding carboxylic acids is 1. The number of rotatable bonds is 4. The summed E-state index contributed by atoms with van der Waals surface area (Å²) in [6.07, 6.45) is -2.83. The fourth-order valence-electron chi connectivity index (χ4n) is 3.41. The maximum atomic E-state index is 13.1. The molecule has 0 radical (unpaired) electrons. The quantitative estimate of drug-likeness (QED) is 0.915. The van der Waals surface area contributed by atoms with Crippen LogP contribution in [-0.4, -0.2) is 22.7 Å². The minimum Gasteiger partial charge on any atom is -0.408 e. The summed E-state index contributed by atoms with van der Waals surface area (Å²) in [6.45, 7) is 0.0606. The largest absolute Gasteiger partial charge is 0.419 e. The molecule has 1 aliphatic carbocycles. The lowest BCUT2D eigenvalue weighted by atomic mass is 9.84. The van der Waals surface area contributed by atoms with E-state index in [4.69, 9.17) is 4.42 Å². The number of benzene rings is 1. The number of fused-ring (bicyclic) bond motifs is 1. The van der Waals surface area contributed by atoms with Crippen molar-refractivity contribution >= 4 is 17.0 Å². The van der Waals surface area contributed by atoms with Crippen molar-refractivity contribution in [2.24, 2.45) is 5.92 Å². The molecule has 25 heavy (non-hydrogen) atoms. The third-order valence-corrected chi connectivity index (χ3v) is 4.67. The SMILES string of the molecule is O=C(CCn1c(=O)oc2ccccc21)N[C@H]1CCCC[C@H]1C(F)(F)F. The van der Waals surface area contributed by atoms with E-state index in [2.05, 4.69) is 5.32 Å². The highest BCUT2D eigenvalue weighted by molar-refractivity contribution is 5.77. The van der Waals surface area contributed by atoms with E-state index in [0.29, 0.717) is 30.4 Å². The Morgan fingerprint density at radius 3 is 2.72 bits per heavy atom. The van der Waals surface area contributed by atoms with Crippen molar-refractivity contribution in [2.75, 3.05) is 0 Å². The summed E-state index contributed by atoms with van der Waals surface area (Å²) in [6, 6.07) is 5.91. The normalized spacial score (nSPS) is 21.4. The molecule has 0 aliphatic heterocycles. The first-order valence-electron chi connectivity index (χ1n) is 8.30. The molecule has 5 nitrogen and oxygen atoms in total. The van der Waals surface area contributed by atoms with Gasteiger partial charge in [-0.15, -0.1) is 0 Å². The predicted molar refractivity (Wildman–Crippen MR) is 85.0 cm³/mol. The Kier molecular flexibility index (Phi) is 4.87. The van der Waals surface area contributed by atoms with Crippen LogP contribution >= 0.6 is 0 Å². The van der Waals surface area contributed by atoms with Crippen molar-refractivity contribution in [3.8, 4) is 0 Å². The maximum absolute atomic E-state index is 13.1. The first-order valence-corrected chi connectivity index (χ1v) is 8.30. The van der Waals surface area contributed by atoms with Crippen LogP contribution < -0.4 is 11.1 Å². The molecule has 1 saturated carbocycles. The lowest BCUT2D eigenvalue weighted by molar-refractivity contribution is -0.189. The number of carbonyl (C=O) groups is 1. The molecule has 8 heteroatoms. The number of nitrogens with one attached hydrogen (secondary N) is 1. The molecule has 1 aromatic carbocycles. The van der Waals surface area contributed by atoms with Crippen LogP contribution in [0.2, 0.25) is 0 Å². The zero-order valence-corrected chi connectivity index (χ0v) is 13.5. The monoisotopic (exact) mass is 356 g/mol. The number of alkyl halides is 3. The molecule has 0 bridgehead atoms. The first-order chi connectivity index (χ1) is 11.9. The highest BCUT2D eigenvalue weighted by Gasteiger charge is 2.45. The van der Waals surface area contributed by atoms with Crippen LogP contribution in [0.25, 0.3) is 11.1 Å². The number of amides is 1. The number of aromatic nitrogens is 1. The van der Waals surface area contributed by atoms with E-state index in [0.717, 1.165) is 0 Å². The standard InChI is InChI=1S/C17H19F3N2O3/c18-17(19,20)11-5-1-2-6-12(11)21-15(23)9-10-22-13-7-3-4-8-14(13)25-16(22)24/h3-4,7-8,11-12H,1-2,5-6,9-10H2,(H,21,23)/t11-,12+/m1/s1. The molecule has 1 aliphatic rings. The number of nitrogens with zero attached hydrogens (tertiary/aromatic N) is 1. The Morgan fingerprint density at radius 2 is 1.96 bits per heavy atom. The van der Waals surface area contributed by atoms with Crippen molar-refractivity contribution in [1.29, 1.82) is 0 Å². The van der Waals surface area contributed by atoms with Crippen LogP contribution in [0.1, 0.15) is 32.1 Å². The fraction of sp³-hybridized carbons (Fsp3) is 0.529. The van der Waals surface area contributed by atoms with Gasteiger partial charge in [0, 0.05) is 19.0 Å². The van der Waals surface area contributed by atoms with E-state index in [1.165, 1.54) is 4.57 Å². The maximum Gasteiger partial charge on any atom is 0.419 e. The van der Waals surface area contributed by atoms with Crippen molar-refractivity contribution in [1.82, 2.24) is 9.88 Å². The van der Waals surface area contributed by atoms with Gasteiger partial charge >= 0.3 is 11.9 Å². The molecule has 0 unspecified atom stereocenters. The highest BCUT2D eigenvalue weighted by atomic mass is 19.4. The van der Waals surface area contributed by atoms with Crippen LogP contribution in [0.5, 0.6) is 0 Å². The van der Waals surface area contributed by atoms with E-state index in [1.807, 2.05) is 0 Å². The van der Waals surface area contributed by atoms with Gasteiger partial charge in [-0.25, -0.2) is 4.79 Å². The van der Waals surface area contributed by atoms with Crippen LogP contribution in [0.3, 0.4) is 0 Å². The summed E-state index contributed by atoms with van der Waals surface area (Å²) in [4.78, 5) is 23.9. The first kappa shape index (κ1) is 17.6. The second-order valence-electron chi connectivity index (χ2n) is 6.34. The highest BCUT2D eigenvalue weighted by Crippen LogP contribution is 2.37. The van der Waals surface area contributed by atoms with Gasteiger partial charge in [0.2, 0.25) is 5.91 Å². The Labute approximate surface area is 141 Å². The minimum atomic E-state index is -4.31. The minimum absolute atomic E-state index is 0.0419. The number of hydrogen-bond donors (Lipinski definition) is 1. The molecule has 1 fully saturated rings.